The fraction of sp³-hybridized carbons (Fsp3) is 0.467. The molecule has 2 heterocycles. The number of hydrogen-bond donors (Lipinski definition) is 2. The van der Waals surface area contributed by atoms with Gasteiger partial charge in [0.05, 0.1) is 16.5 Å². The number of amides is 2. The first-order valence-electron chi connectivity index (χ1n) is 7.26. The van der Waals surface area contributed by atoms with Crippen molar-refractivity contribution in [3.8, 4) is 0 Å². The topological polar surface area (TPSA) is 71.2 Å². The number of urea groups is 1. The Balaban J connectivity index is 1.74. The van der Waals surface area contributed by atoms with Crippen molar-refractivity contribution in [2.75, 3.05) is 13.1 Å². The number of halogens is 1. The minimum absolute atomic E-state index is 0.289. The van der Waals surface area contributed by atoms with Crippen LogP contribution in [0.15, 0.2) is 29.3 Å². The summed E-state index contributed by atoms with van der Waals surface area (Å²) in [5.41, 5.74) is 6.49. The van der Waals surface area contributed by atoms with E-state index in [0.29, 0.717) is 5.70 Å². The van der Waals surface area contributed by atoms with Gasteiger partial charge in [0, 0.05) is 17.6 Å². The van der Waals surface area contributed by atoms with Crippen LogP contribution in [0.1, 0.15) is 24.0 Å². The van der Waals surface area contributed by atoms with E-state index in [9.17, 15) is 4.79 Å². The zero-order valence-corrected chi connectivity index (χ0v) is 14.0. The zero-order valence-electron chi connectivity index (χ0n) is 12.4. The normalized spacial score (nSPS) is 28.1. The van der Waals surface area contributed by atoms with Gasteiger partial charge in [0.15, 0.2) is 0 Å². The van der Waals surface area contributed by atoms with Gasteiger partial charge in [-0.25, -0.2) is 9.78 Å². The quantitative estimate of drug-likeness (QED) is 0.828. The molecule has 22 heavy (non-hydrogen) atoms. The molecule has 1 aromatic heterocycles. The highest BCUT2D eigenvalue weighted by Gasteiger charge is 2.36. The summed E-state index contributed by atoms with van der Waals surface area (Å²) in [5, 5.41) is 5.37. The van der Waals surface area contributed by atoms with Crippen molar-refractivity contribution in [2.45, 2.75) is 30.7 Å². The number of hydrogen-bond acceptors (Lipinski definition) is 4. The predicted molar refractivity (Wildman–Crippen MR) is 88.9 cm³/mol. The molecular formula is C15H19ClN4OS. The van der Waals surface area contributed by atoms with E-state index in [-0.39, 0.29) is 10.8 Å². The highest BCUT2D eigenvalue weighted by atomic mass is 35.5. The summed E-state index contributed by atoms with van der Waals surface area (Å²) in [6.45, 7) is 5.29. The van der Waals surface area contributed by atoms with Crippen LogP contribution in [0.3, 0.4) is 0 Å². The van der Waals surface area contributed by atoms with Crippen LogP contribution in [0, 0.1) is 0 Å². The summed E-state index contributed by atoms with van der Waals surface area (Å²) in [5.74, 6) is 0. The fourth-order valence-corrected chi connectivity index (χ4v) is 3.92. The summed E-state index contributed by atoms with van der Waals surface area (Å²) in [6.07, 6.45) is 6.91. The number of aromatic nitrogens is 1. The van der Waals surface area contributed by atoms with E-state index in [1.165, 1.54) is 6.42 Å². The lowest BCUT2D eigenvalue weighted by Gasteiger charge is -2.31. The summed E-state index contributed by atoms with van der Waals surface area (Å²) in [7, 11) is 0. The third-order valence-corrected chi connectivity index (χ3v) is 5.85. The van der Waals surface area contributed by atoms with Crippen LogP contribution in [0.2, 0.25) is 0 Å². The molecule has 2 amide bonds. The molecule has 0 spiro atoms. The van der Waals surface area contributed by atoms with E-state index >= 15 is 0 Å². The van der Waals surface area contributed by atoms with Crippen LogP contribution in [0.4, 0.5) is 4.79 Å². The van der Waals surface area contributed by atoms with Crippen LogP contribution in [-0.4, -0.2) is 34.4 Å². The molecule has 0 bridgehead atoms. The maximum Gasteiger partial charge on any atom is 0.316 e. The summed E-state index contributed by atoms with van der Waals surface area (Å²) >= 11 is 8.16. The van der Waals surface area contributed by atoms with E-state index in [0.717, 1.165) is 30.3 Å². The number of carbonyl (C=O) groups excluding carboxylic acids is 1. The van der Waals surface area contributed by atoms with E-state index in [1.54, 1.807) is 11.3 Å². The van der Waals surface area contributed by atoms with Crippen molar-refractivity contribution in [1.82, 2.24) is 15.2 Å². The van der Waals surface area contributed by atoms with Crippen LogP contribution < -0.4 is 11.1 Å². The Kier molecular flexibility index (Phi) is 4.25. The number of primary amides is 1. The van der Waals surface area contributed by atoms with Gasteiger partial charge in [-0.05, 0) is 38.6 Å². The van der Waals surface area contributed by atoms with Gasteiger partial charge in [-0.15, -0.1) is 22.9 Å². The van der Waals surface area contributed by atoms with Crippen molar-refractivity contribution in [1.29, 1.82) is 0 Å². The predicted octanol–water partition coefficient (Wildman–Crippen LogP) is 2.34. The Bertz CT molecular complexity index is 637. The Morgan fingerprint density at radius 3 is 3.00 bits per heavy atom. The maximum absolute atomic E-state index is 10.9. The van der Waals surface area contributed by atoms with Crippen molar-refractivity contribution < 1.29 is 4.79 Å². The standard InChI is InChI=1S/C15H19ClN4OS/c1-15(4-3-10(7-12(15)16)19-14(17)21)13-18-11(9-22-13)8-20-5-2-6-20/h3-4,7,9,12H,2,5-6,8H2,1H3,(H3,17,19,21). The molecule has 1 saturated heterocycles. The highest BCUT2D eigenvalue weighted by molar-refractivity contribution is 7.09. The third kappa shape index (κ3) is 3.04. The van der Waals surface area contributed by atoms with E-state index < -0.39 is 6.03 Å². The van der Waals surface area contributed by atoms with Crippen LogP contribution in [0.25, 0.3) is 0 Å². The minimum atomic E-state index is -0.588. The maximum atomic E-state index is 10.9. The number of nitrogens with two attached hydrogens (primary N) is 1. The van der Waals surface area contributed by atoms with Crippen LogP contribution >= 0.6 is 22.9 Å². The van der Waals surface area contributed by atoms with Gasteiger partial charge in [-0.2, -0.15) is 0 Å². The molecule has 7 heteroatoms. The van der Waals surface area contributed by atoms with Gasteiger partial charge < -0.3 is 11.1 Å². The Morgan fingerprint density at radius 1 is 1.64 bits per heavy atom. The van der Waals surface area contributed by atoms with Gasteiger partial charge in [0.2, 0.25) is 0 Å². The number of thiazole rings is 1. The number of rotatable bonds is 4. The Morgan fingerprint density at radius 2 is 2.41 bits per heavy atom. The second-order valence-corrected chi connectivity index (χ2v) is 7.23. The zero-order chi connectivity index (χ0) is 15.7. The molecule has 1 fully saturated rings. The van der Waals surface area contributed by atoms with Gasteiger partial charge in [-0.1, -0.05) is 6.08 Å². The molecule has 2 aliphatic rings. The summed E-state index contributed by atoms with van der Waals surface area (Å²) < 4.78 is 0. The Hall–Kier alpha value is -1.37. The number of allylic oxidation sites excluding steroid dienone is 3. The van der Waals surface area contributed by atoms with Gasteiger partial charge in [0.1, 0.15) is 5.01 Å². The number of nitrogens with zero attached hydrogens (tertiary/aromatic N) is 2. The molecule has 0 aromatic carbocycles. The molecule has 3 N–H and O–H groups in total. The lowest BCUT2D eigenvalue weighted by atomic mass is 9.83. The first-order chi connectivity index (χ1) is 10.5. The van der Waals surface area contributed by atoms with Gasteiger partial charge >= 0.3 is 6.03 Å². The fourth-order valence-electron chi connectivity index (χ4n) is 2.55. The van der Waals surface area contributed by atoms with E-state index in [2.05, 4.69) is 22.5 Å². The monoisotopic (exact) mass is 338 g/mol. The number of nitrogens with one attached hydrogen (secondary N) is 1. The summed E-state index contributed by atoms with van der Waals surface area (Å²) in [6, 6.07) is -0.588. The van der Waals surface area contributed by atoms with Crippen LogP contribution in [-0.2, 0) is 12.0 Å². The second kappa shape index (κ2) is 6.02. The molecule has 5 nitrogen and oxygen atoms in total. The molecule has 3 rings (SSSR count). The Labute approximate surface area is 138 Å². The number of likely N-dealkylation sites (tertiary alicyclic amines) is 1. The van der Waals surface area contributed by atoms with Crippen molar-refractivity contribution in [3.05, 3.63) is 40.0 Å². The van der Waals surface area contributed by atoms with Crippen molar-refractivity contribution in [3.63, 3.8) is 0 Å². The average Bonchev–Trinajstić information content (AvgIpc) is 2.87. The minimum Gasteiger partial charge on any atom is -0.351 e. The molecule has 1 aliphatic heterocycles. The molecule has 1 aromatic rings. The summed E-state index contributed by atoms with van der Waals surface area (Å²) in [4.78, 5) is 18.1. The third-order valence-electron chi connectivity index (χ3n) is 4.12. The largest absolute Gasteiger partial charge is 0.351 e. The number of alkyl halides is 1. The highest BCUT2D eigenvalue weighted by Crippen LogP contribution is 2.38. The number of carbonyl (C=O) groups is 1. The van der Waals surface area contributed by atoms with Crippen molar-refractivity contribution in [2.24, 2.45) is 5.73 Å². The molecule has 118 valence electrons. The van der Waals surface area contributed by atoms with Gasteiger partial charge in [0.25, 0.3) is 0 Å². The smallest absolute Gasteiger partial charge is 0.316 e. The molecule has 0 radical (unpaired) electrons. The first kappa shape index (κ1) is 15.5. The van der Waals surface area contributed by atoms with Crippen LogP contribution in [0.5, 0.6) is 0 Å². The van der Waals surface area contributed by atoms with E-state index in [4.69, 9.17) is 22.3 Å². The molecule has 2 atom stereocenters. The molecular weight excluding hydrogens is 320 g/mol. The molecule has 0 saturated carbocycles. The van der Waals surface area contributed by atoms with Crippen molar-refractivity contribution >= 4 is 29.0 Å². The molecule has 1 aliphatic carbocycles. The first-order valence-corrected chi connectivity index (χ1v) is 8.58. The lowest BCUT2D eigenvalue weighted by molar-refractivity contribution is 0.170. The van der Waals surface area contributed by atoms with E-state index in [1.807, 2.05) is 18.2 Å². The molecule has 2 unspecified atom stereocenters. The lowest BCUT2D eigenvalue weighted by Crippen LogP contribution is -2.37. The average molecular weight is 339 g/mol. The van der Waals surface area contributed by atoms with Gasteiger partial charge in [-0.3, -0.25) is 4.90 Å². The SMILES string of the molecule is CC1(c2nc(CN3CCC3)cs2)C=CC(NC(N)=O)=CC1Cl. The second-order valence-electron chi connectivity index (χ2n) is 5.90.